The van der Waals surface area contributed by atoms with Gasteiger partial charge in [0.1, 0.15) is 12.4 Å². The molecule has 0 radical (unpaired) electrons. The summed E-state index contributed by atoms with van der Waals surface area (Å²) >= 11 is 0. The van der Waals surface area contributed by atoms with E-state index in [9.17, 15) is 0 Å². The molecule has 1 aliphatic rings. The van der Waals surface area contributed by atoms with Gasteiger partial charge in [-0.05, 0) is 13.0 Å². The van der Waals surface area contributed by atoms with Crippen molar-refractivity contribution in [3.8, 4) is 5.88 Å². The predicted molar refractivity (Wildman–Crippen MR) is 85.1 cm³/mol. The highest BCUT2D eigenvalue weighted by Crippen LogP contribution is 2.21. The first kappa shape index (κ1) is 15.9. The molecule has 7 heteroatoms. The Hall–Kier alpha value is -1.99. The summed E-state index contributed by atoms with van der Waals surface area (Å²) in [5.74, 6) is 2.63. The zero-order valence-electron chi connectivity index (χ0n) is 13.9. The second kappa shape index (κ2) is 7.06. The van der Waals surface area contributed by atoms with E-state index in [1.807, 2.05) is 6.07 Å². The van der Waals surface area contributed by atoms with Crippen LogP contribution in [0.1, 0.15) is 24.1 Å². The number of fused-ring (bicyclic) bond motifs is 1. The minimum Gasteiger partial charge on any atom is -0.481 e. The summed E-state index contributed by atoms with van der Waals surface area (Å²) in [6.07, 6.45) is 2.63. The highest BCUT2D eigenvalue weighted by atomic mass is 16.5. The van der Waals surface area contributed by atoms with Crippen LogP contribution in [0.3, 0.4) is 0 Å². The molecule has 0 amide bonds. The molecule has 0 aliphatic carbocycles. The third-order valence-corrected chi connectivity index (χ3v) is 4.31. The lowest BCUT2D eigenvalue weighted by molar-refractivity contribution is 0.170. The molecule has 0 fully saturated rings. The number of ether oxygens (including phenoxy) is 2. The first-order chi connectivity index (χ1) is 11.2. The van der Waals surface area contributed by atoms with Crippen molar-refractivity contribution in [3.63, 3.8) is 0 Å². The first-order valence-electron chi connectivity index (χ1n) is 7.84. The highest BCUT2D eigenvalue weighted by Gasteiger charge is 2.24. The molecule has 0 bridgehead atoms. The molecule has 0 spiro atoms. The second-order valence-electron chi connectivity index (χ2n) is 5.81. The van der Waals surface area contributed by atoms with Gasteiger partial charge in [-0.25, -0.2) is 4.98 Å². The van der Waals surface area contributed by atoms with Crippen molar-refractivity contribution in [2.45, 2.75) is 39.1 Å². The number of pyridine rings is 1. The molecule has 0 saturated heterocycles. The smallest absolute Gasteiger partial charge is 0.217 e. The maximum Gasteiger partial charge on any atom is 0.217 e. The van der Waals surface area contributed by atoms with Gasteiger partial charge in [0.25, 0.3) is 0 Å². The standard InChI is InChI=1S/C16H23N5O2/c1-12-9-14-18-19-15(11-22-2)21(14)8-7-20(12)10-13-5-4-6-17-16(13)23-3/h4-6,12H,7-11H2,1-3H3/t12-/m1/s1. The topological polar surface area (TPSA) is 65.3 Å². The van der Waals surface area contributed by atoms with Crippen molar-refractivity contribution in [3.05, 3.63) is 35.5 Å². The van der Waals surface area contributed by atoms with Crippen molar-refractivity contribution < 1.29 is 9.47 Å². The van der Waals surface area contributed by atoms with E-state index < -0.39 is 0 Å². The minimum absolute atomic E-state index is 0.376. The van der Waals surface area contributed by atoms with Crippen molar-refractivity contribution in [2.75, 3.05) is 20.8 Å². The number of rotatable bonds is 5. The molecule has 1 atom stereocenters. The van der Waals surface area contributed by atoms with Crippen molar-refractivity contribution in [2.24, 2.45) is 0 Å². The maximum absolute atomic E-state index is 5.37. The quantitative estimate of drug-likeness (QED) is 0.827. The molecule has 2 aromatic rings. The average Bonchev–Trinajstić information content (AvgIpc) is 2.86. The van der Waals surface area contributed by atoms with E-state index in [1.54, 1.807) is 20.4 Å². The van der Waals surface area contributed by atoms with E-state index >= 15 is 0 Å². The lowest BCUT2D eigenvalue weighted by Gasteiger charge is -2.26. The van der Waals surface area contributed by atoms with Gasteiger partial charge in [-0.15, -0.1) is 10.2 Å². The van der Waals surface area contributed by atoms with Crippen LogP contribution in [0, 0.1) is 0 Å². The van der Waals surface area contributed by atoms with Crippen molar-refractivity contribution in [1.82, 2.24) is 24.6 Å². The van der Waals surface area contributed by atoms with Gasteiger partial charge >= 0.3 is 0 Å². The van der Waals surface area contributed by atoms with Gasteiger partial charge in [-0.2, -0.15) is 0 Å². The largest absolute Gasteiger partial charge is 0.481 e. The van der Waals surface area contributed by atoms with Gasteiger partial charge in [-0.3, -0.25) is 4.90 Å². The van der Waals surface area contributed by atoms with Gasteiger partial charge in [0.05, 0.1) is 7.11 Å². The Bertz CT molecular complexity index is 658. The molecular formula is C16H23N5O2. The van der Waals surface area contributed by atoms with E-state index in [0.717, 1.165) is 43.3 Å². The molecule has 124 valence electrons. The lowest BCUT2D eigenvalue weighted by atomic mass is 10.1. The normalized spacial score (nSPS) is 18.5. The fraction of sp³-hybridized carbons (Fsp3) is 0.562. The summed E-state index contributed by atoms with van der Waals surface area (Å²) in [6, 6.07) is 4.40. The second-order valence-corrected chi connectivity index (χ2v) is 5.81. The minimum atomic E-state index is 0.376. The predicted octanol–water partition coefficient (Wildman–Crippen LogP) is 1.27. The Balaban J connectivity index is 1.76. The SMILES string of the molecule is COCc1nnc2n1CCN(Cc1cccnc1OC)[C@H](C)C2. The van der Waals surface area contributed by atoms with Crippen molar-refractivity contribution in [1.29, 1.82) is 0 Å². The summed E-state index contributed by atoms with van der Waals surface area (Å²) in [4.78, 5) is 6.72. The Morgan fingerprint density at radius 2 is 2.13 bits per heavy atom. The summed E-state index contributed by atoms with van der Waals surface area (Å²) in [6.45, 7) is 5.34. The maximum atomic E-state index is 5.37. The van der Waals surface area contributed by atoms with Gasteiger partial charge in [-0.1, -0.05) is 6.07 Å². The van der Waals surface area contributed by atoms with E-state index in [2.05, 4.69) is 37.6 Å². The van der Waals surface area contributed by atoms with Crippen LogP contribution in [-0.4, -0.2) is 51.5 Å². The van der Waals surface area contributed by atoms with E-state index in [0.29, 0.717) is 18.5 Å². The Morgan fingerprint density at radius 3 is 2.91 bits per heavy atom. The van der Waals surface area contributed by atoms with Crippen LogP contribution in [0.2, 0.25) is 0 Å². The van der Waals surface area contributed by atoms with Crippen molar-refractivity contribution >= 4 is 0 Å². The fourth-order valence-electron chi connectivity index (χ4n) is 3.04. The third-order valence-electron chi connectivity index (χ3n) is 4.31. The molecule has 2 aromatic heterocycles. The molecule has 7 nitrogen and oxygen atoms in total. The number of methoxy groups -OCH3 is 2. The van der Waals surface area contributed by atoms with Crippen LogP contribution >= 0.6 is 0 Å². The molecular weight excluding hydrogens is 294 g/mol. The third kappa shape index (κ3) is 3.35. The molecule has 0 N–H and O–H groups in total. The summed E-state index contributed by atoms with van der Waals surface area (Å²) in [5, 5.41) is 8.57. The molecule has 3 rings (SSSR count). The van der Waals surface area contributed by atoms with Gasteiger partial charge < -0.3 is 14.0 Å². The number of hydrogen-bond acceptors (Lipinski definition) is 6. The van der Waals surface area contributed by atoms with E-state index in [-0.39, 0.29) is 0 Å². The van der Waals surface area contributed by atoms with E-state index in [4.69, 9.17) is 9.47 Å². The Kier molecular flexibility index (Phi) is 4.88. The summed E-state index contributed by atoms with van der Waals surface area (Å²) < 4.78 is 12.8. The summed E-state index contributed by atoms with van der Waals surface area (Å²) in [7, 11) is 3.35. The van der Waals surface area contributed by atoms with Gasteiger partial charge in [0, 0.05) is 51.0 Å². The molecule has 0 aromatic carbocycles. The van der Waals surface area contributed by atoms with Crippen LogP contribution < -0.4 is 4.74 Å². The Morgan fingerprint density at radius 1 is 1.26 bits per heavy atom. The molecule has 1 aliphatic heterocycles. The molecule has 23 heavy (non-hydrogen) atoms. The fourth-order valence-corrected chi connectivity index (χ4v) is 3.04. The molecule has 3 heterocycles. The van der Waals surface area contributed by atoms with Crippen LogP contribution in [0.15, 0.2) is 18.3 Å². The molecule has 0 unspecified atom stereocenters. The van der Waals surface area contributed by atoms with Crippen LogP contribution in [-0.2, 0) is 30.9 Å². The zero-order chi connectivity index (χ0) is 16.2. The van der Waals surface area contributed by atoms with Crippen LogP contribution in [0.5, 0.6) is 5.88 Å². The van der Waals surface area contributed by atoms with Crippen LogP contribution in [0.25, 0.3) is 0 Å². The number of hydrogen-bond donors (Lipinski definition) is 0. The monoisotopic (exact) mass is 317 g/mol. The zero-order valence-corrected chi connectivity index (χ0v) is 13.9. The van der Waals surface area contributed by atoms with E-state index in [1.165, 1.54) is 0 Å². The number of aromatic nitrogens is 4. The van der Waals surface area contributed by atoms with Crippen LogP contribution in [0.4, 0.5) is 0 Å². The average molecular weight is 317 g/mol. The van der Waals surface area contributed by atoms with Gasteiger partial charge in [0.15, 0.2) is 5.82 Å². The molecule has 0 saturated carbocycles. The Labute approximate surface area is 136 Å². The van der Waals surface area contributed by atoms with Gasteiger partial charge in [0.2, 0.25) is 5.88 Å². The lowest BCUT2D eigenvalue weighted by Crippen LogP contribution is -2.34. The number of nitrogens with zero attached hydrogens (tertiary/aromatic N) is 5. The first-order valence-corrected chi connectivity index (χ1v) is 7.84. The summed E-state index contributed by atoms with van der Waals surface area (Å²) in [5.41, 5.74) is 1.11. The highest BCUT2D eigenvalue weighted by molar-refractivity contribution is 5.25.